The zero-order valence-corrected chi connectivity index (χ0v) is 19.7. The lowest BCUT2D eigenvalue weighted by Gasteiger charge is -2.33. The third-order valence-corrected chi connectivity index (χ3v) is 7.65. The summed E-state index contributed by atoms with van der Waals surface area (Å²) in [6, 6.07) is 8.97. The standard InChI is InChI=1S/C28H27FN4O2/c1-15-11-18-8-9-24(27-20(29)3-2-10-30-27)35-25(18)13-23(15)33-14-19-22(32-28(33)34)12-21(16-4-5-16)31-26(19)17-6-7-17/h2-3,10-13,16-17,24H,4-9,14H2,1H3,(H,32,34). The number of halogens is 1. The van der Waals surface area contributed by atoms with Crippen molar-refractivity contribution in [2.75, 3.05) is 10.2 Å². The molecule has 2 fully saturated rings. The monoisotopic (exact) mass is 470 g/mol. The van der Waals surface area contributed by atoms with Gasteiger partial charge in [-0.2, -0.15) is 0 Å². The number of aromatic nitrogens is 2. The van der Waals surface area contributed by atoms with Crippen molar-refractivity contribution in [2.24, 2.45) is 0 Å². The molecule has 7 heteroatoms. The lowest BCUT2D eigenvalue weighted by Crippen LogP contribution is -2.40. The fourth-order valence-electron chi connectivity index (χ4n) is 5.44. The molecule has 35 heavy (non-hydrogen) atoms. The lowest BCUT2D eigenvalue weighted by atomic mass is 9.96. The van der Waals surface area contributed by atoms with E-state index in [9.17, 15) is 9.18 Å². The molecule has 4 aliphatic rings. The summed E-state index contributed by atoms with van der Waals surface area (Å²) in [5, 5.41) is 3.15. The number of benzene rings is 1. The molecule has 1 unspecified atom stereocenters. The molecule has 2 aliphatic heterocycles. The van der Waals surface area contributed by atoms with Gasteiger partial charge in [0.25, 0.3) is 0 Å². The maximum Gasteiger partial charge on any atom is 0.326 e. The molecular weight excluding hydrogens is 443 g/mol. The topological polar surface area (TPSA) is 67.4 Å². The maximum absolute atomic E-state index is 14.4. The molecule has 7 rings (SSSR count). The van der Waals surface area contributed by atoms with Crippen LogP contribution in [0.25, 0.3) is 0 Å². The van der Waals surface area contributed by atoms with Crippen molar-refractivity contribution < 1.29 is 13.9 Å². The van der Waals surface area contributed by atoms with Crippen LogP contribution in [0.3, 0.4) is 0 Å². The van der Waals surface area contributed by atoms with E-state index in [0.29, 0.717) is 36.2 Å². The van der Waals surface area contributed by atoms with Crippen LogP contribution in [0, 0.1) is 12.7 Å². The van der Waals surface area contributed by atoms with Crippen LogP contribution in [-0.4, -0.2) is 16.0 Å². The molecule has 1 aromatic carbocycles. The summed E-state index contributed by atoms with van der Waals surface area (Å²) in [5.74, 6) is 1.38. The second kappa shape index (κ2) is 7.77. The van der Waals surface area contributed by atoms with E-state index in [0.717, 1.165) is 45.9 Å². The van der Waals surface area contributed by atoms with Gasteiger partial charge in [0.15, 0.2) is 0 Å². The molecule has 2 aliphatic carbocycles. The highest BCUT2D eigenvalue weighted by Crippen LogP contribution is 2.48. The van der Waals surface area contributed by atoms with E-state index in [1.54, 1.807) is 17.2 Å². The van der Waals surface area contributed by atoms with E-state index in [-0.39, 0.29) is 11.8 Å². The molecule has 1 atom stereocenters. The Morgan fingerprint density at radius 3 is 2.69 bits per heavy atom. The number of nitrogens with zero attached hydrogens (tertiary/aromatic N) is 3. The lowest BCUT2D eigenvalue weighted by molar-refractivity contribution is 0.167. The number of hydrogen-bond acceptors (Lipinski definition) is 4. The Balaban J connectivity index is 1.23. The second-order valence-corrected chi connectivity index (χ2v) is 10.3. The number of nitrogens with one attached hydrogen (secondary N) is 1. The Kier molecular flexibility index (Phi) is 4.63. The quantitative estimate of drug-likeness (QED) is 0.486. The second-order valence-electron chi connectivity index (χ2n) is 10.3. The van der Waals surface area contributed by atoms with Gasteiger partial charge in [-0.3, -0.25) is 14.9 Å². The summed E-state index contributed by atoms with van der Waals surface area (Å²) in [5.41, 5.74) is 7.57. The van der Waals surface area contributed by atoms with Gasteiger partial charge in [-0.1, -0.05) is 6.07 Å². The van der Waals surface area contributed by atoms with Crippen LogP contribution < -0.4 is 15.0 Å². The summed E-state index contributed by atoms with van der Waals surface area (Å²) in [6.45, 7) is 2.52. The Bertz CT molecular complexity index is 1370. The smallest absolute Gasteiger partial charge is 0.326 e. The summed E-state index contributed by atoms with van der Waals surface area (Å²) in [6.07, 6.45) is 7.29. The molecule has 2 aromatic heterocycles. The van der Waals surface area contributed by atoms with E-state index in [1.165, 1.54) is 31.7 Å². The number of carbonyl (C=O) groups is 1. The van der Waals surface area contributed by atoms with Gasteiger partial charge in [0.05, 0.1) is 23.6 Å². The highest BCUT2D eigenvalue weighted by Gasteiger charge is 2.37. The third kappa shape index (κ3) is 3.65. The van der Waals surface area contributed by atoms with Crippen molar-refractivity contribution in [3.05, 3.63) is 76.1 Å². The SMILES string of the molecule is Cc1cc2c(cc1N1Cc3c(cc(C4CC4)nc3C3CC3)NC1=O)OC(c1ncccc1F)CC2. The molecule has 0 radical (unpaired) electrons. The van der Waals surface area contributed by atoms with Crippen LogP contribution in [0.15, 0.2) is 36.5 Å². The highest BCUT2D eigenvalue weighted by molar-refractivity contribution is 6.05. The molecule has 2 saturated carbocycles. The summed E-state index contributed by atoms with van der Waals surface area (Å²) >= 11 is 0. The summed E-state index contributed by atoms with van der Waals surface area (Å²) in [4.78, 5) is 24.4. The minimum Gasteiger partial charge on any atom is -0.484 e. The predicted octanol–water partition coefficient (Wildman–Crippen LogP) is 6.30. The highest BCUT2D eigenvalue weighted by atomic mass is 19.1. The number of rotatable bonds is 4. The first-order chi connectivity index (χ1) is 17.0. The normalized spacial score (nSPS) is 21.1. The van der Waals surface area contributed by atoms with Gasteiger partial charge in [0.1, 0.15) is 23.4 Å². The van der Waals surface area contributed by atoms with Gasteiger partial charge in [-0.15, -0.1) is 0 Å². The zero-order chi connectivity index (χ0) is 23.7. The van der Waals surface area contributed by atoms with Crippen LogP contribution >= 0.6 is 0 Å². The number of aryl methyl sites for hydroxylation is 2. The van der Waals surface area contributed by atoms with Gasteiger partial charge >= 0.3 is 6.03 Å². The Morgan fingerprint density at radius 2 is 1.91 bits per heavy atom. The first-order valence-electron chi connectivity index (χ1n) is 12.6. The molecule has 0 bridgehead atoms. The molecular formula is C28H27FN4O2. The first kappa shape index (κ1) is 20.9. The molecule has 0 spiro atoms. The van der Waals surface area contributed by atoms with Crippen LogP contribution in [-0.2, 0) is 13.0 Å². The molecule has 6 nitrogen and oxygen atoms in total. The van der Waals surface area contributed by atoms with Crippen molar-refractivity contribution in [1.29, 1.82) is 0 Å². The maximum atomic E-state index is 14.4. The molecule has 0 saturated heterocycles. The predicted molar refractivity (Wildman–Crippen MR) is 130 cm³/mol. The van der Waals surface area contributed by atoms with Gasteiger partial charge in [0, 0.05) is 35.4 Å². The van der Waals surface area contributed by atoms with Crippen molar-refractivity contribution in [3.63, 3.8) is 0 Å². The first-order valence-corrected chi connectivity index (χ1v) is 12.6. The third-order valence-electron chi connectivity index (χ3n) is 7.65. The number of amides is 2. The van der Waals surface area contributed by atoms with Crippen LogP contribution in [0.1, 0.15) is 83.8 Å². The van der Waals surface area contributed by atoms with Crippen LogP contribution in [0.2, 0.25) is 0 Å². The van der Waals surface area contributed by atoms with E-state index in [2.05, 4.69) is 22.4 Å². The average molecular weight is 471 g/mol. The van der Waals surface area contributed by atoms with Crippen LogP contribution in [0.5, 0.6) is 5.75 Å². The van der Waals surface area contributed by atoms with Gasteiger partial charge in [-0.25, -0.2) is 9.18 Å². The fraction of sp³-hybridized carbons (Fsp3) is 0.393. The number of urea groups is 1. The number of hydrogen-bond donors (Lipinski definition) is 1. The molecule has 2 amide bonds. The van der Waals surface area contributed by atoms with E-state index in [1.807, 2.05) is 13.0 Å². The van der Waals surface area contributed by atoms with Gasteiger partial charge in [0.2, 0.25) is 0 Å². The van der Waals surface area contributed by atoms with Crippen molar-refractivity contribution in [1.82, 2.24) is 9.97 Å². The minimum absolute atomic E-state index is 0.140. The Labute approximate surface area is 203 Å². The van der Waals surface area contributed by atoms with E-state index < -0.39 is 6.10 Å². The molecule has 4 heterocycles. The Morgan fingerprint density at radius 1 is 1.09 bits per heavy atom. The average Bonchev–Trinajstić information content (AvgIpc) is 3.76. The number of anilines is 2. The molecule has 3 aromatic rings. The van der Waals surface area contributed by atoms with Crippen molar-refractivity contribution in [3.8, 4) is 5.75 Å². The number of fused-ring (bicyclic) bond motifs is 2. The Hall–Kier alpha value is -3.48. The number of pyridine rings is 2. The summed E-state index contributed by atoms with van der Waals surface area (Å²) in [7, 11) is 0. The minimum atomic E-state index is -0.443. The van der Waals surface area contributed by atoms with Gasteiger partial charge < -0.3 is 10.1 Å². The molecule has 1 N–H and O–H groups in total. The zero-order valence-electron chi connectivity index (χ0n) is 19.7. The number of ether oxygens (including phenoxy) is 1. The largest absolute Gasteiger partial charge is 0.484 e. The van der Waals surface area contributed by atoms with E-state index in [4.69, 9.17) is 9.72 Å². The van der Waals surface area contributed by atoms with E-state index >= 15 is 0 Å². The fourth-order valence-corrected chi connectivity index (χ4v) is 5.44. The number of carbonyl (C=O) groups excluding carboxylic acids is 1. The van der Waals surface area contributed by atoms with Crippen molar-refractivity contribution >= 4 is 17.4 Å². The van der Waals surface area contributed by atoms with Crippen molar-refractivity contribution in [2.45, 2.75) is 69.9 Å². The van der Waals surface area contributed by atoms with Gasteiger partial charge in [-0.05, 0) is 74.8 Å². The van der Waals surface area contributed by atoms with Crippen LogP contribution in [0.4, 0.5) is 20.6 Å². The summed E-state index contributed by atoms with van der Waals surface area (Å²) < 4.78 is 20.6. The molecule has 178 valence electrons.